The lowest BCUT2D eigenvalue weighted by Crippen LogP contribution is -2.52. The van der Waals surface area contributed by atoms with Crippen LogP contribution in [0.5, 0.6) is 0 Å². The third-order valence-corrected chi connectivity index (χ3v) is 8.42. The van der Waals surface area contributed by atoms with Crippen molar-refractivity contribution < 1.29 is 18.0 Å². The number of thioether (sulfide) groups is 1. The summed E-state index contributed by atoms with van der Waals surface area (Å²) in [6.45, 7) is 2.50. The van der Waals surface area contributed by atoms with E-state index in [4.69, 9.17) is 0 Å². The van der Waals surface area contributed by atoms with Crippen LogP contribution in [0.3, 0.4) is 0 Å². The van der Waals surface area contributed by atoms with Crippen molar-refractivity contribution in [1.82, 2.24) is 30.0 Å². The van der Waals surface area contributed by atoms with Crippen LogP contribution in [0, 0.1) is 0 Å². The van der Waals surface area contributed by atoms with Gasteiger partial charge in [-0.15, -0.1) is 5.10 Å². The summed E-state index contributed by atoms with van der Waals surface area (Å²) in [7, 11) is -1.21. The van der Waals surface area contributed by atoms with Gasteiger partial charge in [0.25, 0.3) is 5.91 Å². The predicted molar refractivity (Wildman–Crippen MR) is 119 cm³/mol. The van der Waals surface area contributed by atoms with Gasteiger partial charge in [0.2, 0.25) is 11.1 Å². The lowest BCUT2D eigenvalue weighted by molar-refractivity contribution is -0.113. The van der Waals surface area contributed by atoms with E-state index in [0.717, 1.165) is 0 Å². The molecule has 1 N–H and O–H groups in total. The highest BCUT2D eigenvalue weighted by molar-refractivity contribution is 7.99. The topological polar surface area (TPSA) is 130 Å². The molecule has 3 heterocycles. The Kier molecular flexibility index (Phi) is 6.76. The van der Waals surface area contributed by atoms with Crippen LogP contribution in [0.2, 0.25) is 0 Å². The first-order valence-corrected chi connectivity index (χ1v) is 13.1. The minimum atomic E-state index is -2.91. The van der Waals surface area contributed by atoms with Gasteiger partial charge >= 0.3 is 0 Å². The summed E-state index contributed by atoms with van der Waals surface area (Å²) in [5, 5.41) is 14.4. The number of nitrogens with one attached hydrogen (secondary N) is 1. The fraction of sp³-hybridized carbons (Fsp3) is 0.526. The minimum absolute atomic E-state index is 0.0630. The first-order valence-electron chi connectivity index (χ1n) is 10.3. The van der Waals surface area contributed by atoms with E-state index in [1.165, 1.54) is 16.4 Å². The van der Waals surface area contributed by atoms with E-state index >= 15 is 0 Å². The molecule has 1 aromatic heterocycles. The van der Waals surface area contributed by atoms with E-state index < -0.39 is 9.84 Å². The van der Waals surface area contributed by atoms with Crippen molar-refractivity contribution in [1.29, 1.82) is 0 Å². The van der Waals surface area contributed by atoms with Gasteiger partial charge in [-0.1, -0.05) is 11.8 Å². The van der Waals surface area contributed by atoms with Crippen LogP contribution in [0.25, 0.3) is 0 Å². The fourth-order valence-electron chi connectivity index (χ4n) is 3.90. The molecule has 4 rings (SSSR count). The smallest absolute Gasteiger partial charge is 0.253 e. The summed E-state index contributed by atoms with van der Waals surface area (Å²) >= 11 is 1.23. The number of anilines is 1. The third kappa shape index (κ3) is 5.45. The second kappa shape index (κ2) is 9.55. The lowest BCUT2D eigenvalue weighted by atomic mass is 10.1. The van der Waals surface area contributed by atoms with Crippen molar-refractivity contribution in [3.05, 3.63) is 29.8 Å². The molecule has 2 aromatic rings. The van der Waals surface area contributed by atoms with Gasteiger partial charge in [-0.25, -0.2) is 13.1 Å². The normalized spacial score (nSPS) is 20.9. The summed E-state index contributed by atoms with van der Waals surface area (Å²) in [5.74, 6) is 0.397. The monoisotopic (exact) mass is 479 g/mol. The van der Waals surface area contributed by atoms with Crippen molar-refractivity contribution in [2.45, 2.75) is 17.6 Å². The number of carbonyl (C=O) groups excluding carboxylic acids is 2. The van der Waals surface area contributed by atoms with Crippen LogP contribution in [0.4, 0.5) is 5.69 Å². The molecule has 11 nitrogen and oxygen atoms in total. The quantitative estimate of drug-likeness (QED) is 0.564. The lowest BCUT2D eigenvalue weighted by Gasteiger charge is -2.37. The van der Waals surface area contributed by atoms with Gasteiger partial charge in [0.1, 0.15) is 0 Å². The van der Waals surface area contributed by atoms with E-state index in [9.17, 15) is 18.0 Å². The summed E-state index contributed by atoms with van der Waals surface area (Å²) in [4.78, 5) is 28.9. The molecule has 0 saturated carbocycles. The predicted octanol–water partition coefficient (Wildman–Crippen LogP) is -0.114. The SMILES string of the molecule is Cn1nnnc1SCC(=O)Nc1ccc(C(=O)N2CCN(C3CCS(=O)(=O)C3)CC2)cc1. The number of benzene rings is 1. The van der Waals surface area contributed by atoms with Crippen LogP contribution in [-0.4, -0.2) is 99.7 Å². The van der Waals surface area contributed by atoms with Crippen molar-refractivity contribution in [3.63, 3.8) is 0 Å². The van der Waals surface area contributed by atoms with E-state index in [-0.39, 0.29) is 35.1 Å². The first kappa shape index (κ1) is 22.7. The summed E-state index contributed by atoms with van der Waals surface area (Å²) in [6.07, 6.45) is 0.678. The van der Waals surface area contributed by atoms with E-state index in [2.05, 4.69) is 25.7 Å². The molecule has 13 heteroatoms. The Morgan fingerprint density at radius 1 is 1.16 bits per heavy atom. The van der Waals surface area contributed by atoms with E-state index in [1.807, 2.05) is 0 Å². The second-order valence-electron chi connectivity index (χ2n) is 7.88. The Morgan fingerprint density at radius 3 is 2.47 bits per heavy atom. The molecule has 2 aliphatic rings. The highest BCUT2D eigenvalue weighted by atomic mass is 32.2. The Balaban J connectivity index is 1.25. The van der Waals surface area contributed by atoms with Crippen LogP contribution in [-0.2, 0) is 21.7 Å². The fourth-order valence-corrected chi connectivity index (χ4v) is 6.31. The number of carbonyl (C=O) groups is 2. The van der Waals surface area contributed by atoms with Gasteiger partial charge in [-0.3, -0.25) is 14.5 Å². The minimum Gasteiger partial charge on any atom is -0.336 e. The molecule has 1 aromatic carbocycles. The summed E-state index contributed by atoms with van der Waals surface area (Å²) in [6, 6.07) is 6.89. The highest BCUT2D eigenvalue weighted by Crippen LogP contribution is 2.20. The van der Waals surface area contributed by atoms with Gasteiger partial charge in [-0.2, -0.15) is 0 Å². The van der Waals surface area contributed by atoms with E-state index in [1.54, 1.807) is 36.2 Å². The van der Waals surface area contributed by atoms with Gasteiger partial charge in [-0.05, 0) is 41.1 Å². The molecule has 0 radical (unpaired) electrons. The molecule has 32 heavy (non-hydrogen) atoms. The van der Waals surface area contributed by atoms with E-state index in [0.29, 0.717) is 49.0 Å². The van der Waals surface area contributed by atoms with Crippen molar-refractivity contribution in [2.24, 2.45) is 7.05 Å². The Bertz CT molecular complexity index is 1080. The molecule has 0 bridgehead atoms. The van der Waals surface area contributed by atoms with Gasteiger partial charge < -0.3 is 10.2 Å². The maximum Gasteiger partial charge on any atom is 0.253 e. The second-order valence-corrected chi connectivity index (χ2v) is 11.1. The number of aromatic nitrogens is 4. The Labute approximate surface area is 190 Å². The molecular formula is C19H25N7O4S2. The average Bonchev–Trinajstić information content (AvgIpc) is 3.36. The standard InChI is InChI=1S/C19H25N7O4S2/c1-24-19(21-22-23-24)31-12-17(27)20-15-4-2-14(3-5-15)18(28)26-9-7-25(8-10-26)16-6-11-32(29,30)13-16/h2-5,16H,6-13H2,1H3,(H,20,27). The first-order chi connectivity index (χ1) is 15.3. The number of rotatable bonds is 6. The highest BCUT2D eigenvalue weighted by Gasteiger charge is 2.34. The number of amides is 2. The Hall–Kier alpha value is -2.51. The molecule has 1 unspecified atom stereocenters. The maximum absolute atomic E-state index is 12.8. The molecule has 2 fully saturated rings. The van der Waals surface area contributed by atoms with Crippen molar-refractivity contribution >= 4 is 39.1 Å². The molecule has 0 spiro atoms. The number of nitrogens with zero attached hydrogens (tertiary/aromatic N) is 6. The molecule has 0 aliphatic carbocycles. The molecule has 2 saturated heterocycles. The zero-order chi connectivity index (χ0) is 22.7. The van der Waals surface area contributed by atoms with Gasteiger partial charge in [0.05, 0.1) is 17.3 Å². The van der Waals surface area contributed by atoms with Crippen LogP contribution in [0.1, 0.15) is 16.8 Å². The number of tetrazole rings is 1. The maximum atomic E-state index is 12.8. The summed E-state index contributed by atoms with van der Waals surface area (Å²) < 4.78 is 24.9. The molecule has 2 aliphatic heterocycles. The summed E-state index contributed by atoms with van der Waals surface area (Å²) in [5.41, 5.74) is 1.16. The third-order valence-electron chi connectivity index (χ3n) is 5.66. The number of hydrogen-bond acceptors (Lipinski definition) is 9. The number of hydrogen-bond donors (Lipinski definition) is 1. The largest absolute Gasteiger partial charge is 0.336 e. The Morgan fingerprint density at radius 2 is 1.88 bits per heavy atom. The van der Waals surface area contributed by atoms with Gasteiger partial charge in [0, 0.05) is 50.5 Å². The molecule has 1 atom stereocenters. The van der Waals surface area contributed by atoms with Crippen molar-refractivity contribution in [2.75, 3.05) is 48.8 Å². The number of piperazine rings is 1. The average molecular weight is 480 g/mol. The molecule has 2 amide bonds. The zero-order valence-corrected chi connectivity index (χ0v) is 19.3. The van der Waals surface area contributed by atoms with Crippen LogP contribution >= 0.6 is 11.8 Å². The molecule has 172 valence electrons. The van der Waals surface area contributed by atoms with Crippen LogP contribution < -0.4 is 5.32 Å². The zero-order valence-electron chi connectivity index (χ0n) is 17.7. The number of sulfone groups is 1. The van der Waals surface area contributed by atoms with Gasteiger partial charge in [0.15, 0.2) is 9.84 Å². The molecular weight excluding hydrogens is 454 g/mol. The van der Waals surface area contributed by atoms with Crippen molar-refractivity contribution in [3.8, 4) is 0 Å². The van der Waals surface area contributed by atoms with Crippen LogP contribution in [0.15, 0.2) is 29.4 Å². The number of aryl methyl sites for hydroxylation is 1.